The summed E-state index contributed by atoms with van der Waals surface area (Å²) in [6.45, 7) is 0.0893. The Labute approximate surface area is 161 Å². The number of hydrogen-bond donors (Lipinski definition) is 3. The van der Waals surface area contributed by atoms with Crippen LogP contribution >= 0.6 is 0 Å². The molecule has 2 aliphatic rings. The summed E-state index contributed by atoms with van der Waals surface area (Å²) < 4.78 is 7.25. The Hall–Kier alpha value is -3.43. The lowest BCUT2D eigenvalue weighted by Crippen LogP contribution is -2.28. The first-order chi connectivity index (χ1) is 13.5. The standard InChI is InChI=1S/C18H21N7O3/c19-14-7-10(5-6-21-14)18-23-13(9-28-18)17(27)22-12-8-25(11-3-1-2-4-11)24-15(12)16(20)26/h5-8,11,13H,1-4,9H2,(H2,19,21)(H2,20,26)(H,22,27). The van der Waals surface area contributed by atoms with Crippen LogP contribution in [0.3, 0.4) is 0 Å². The number of aliphatic imine (C=N–C) groups is 1. The van der Waals surface area contributed by atoms with Gasteiger partial charge in [-0.1, -0.05) is 12.8 Å². The van der Waals surface area contributed by atoms with Gasteiger partial charge in [-0.05, 0) is 25.0 Å². The highest BCUT2D eigenvalue weighted by molar-refractivity contribution is 6.05. The second-order valence-corrected chi connectivity index (χ2v) is 6.89. The molecule has 1 aliphatic carbocycles. The van der Waals surface area contributed by atoms with Crippen molar-refractivity contribution in [2.45, 2.75) is 37.8 Å². The molecule has 0 radical (unpaired) electrons. The minimum Gasteiger partial charge on any atom is -0.475 e. The lowest BCUT2D eigenvalue weighted by molar-refractivity contribution is -0.117. The molecule has 10 nitrogen and oxygen atoms in total. The van der Waals surface area contributed by atoms with E-state index in [2.05, 4.69) is 20.4 Å². The van der Waals surface area contributed by atoms with Gasteiger partial charge in [0.05, 0.1) is 11.7 Å². The van der Waals surface area contributed by atoms with E-state index < -0.39 is 17.9 Å². The molecule has 2 aromatic heterocycles. The van der Waals surface area contributed by atoms with Crippen molar-refractivity contribution in [3.05, 3.63) is 35.8 Å². The normalized spacial score (nSPS) is 19.3. The number of amides is 2. The maximum Gasteiger partial charge on any atom is 0.271 e. The number of nitrogen functional groups attached to an aromatic ring is 1. The van der Waals surface area contributed by atoms with E-state index in [9.17, 15) is 9.59 Å². The molecular weight excluding hydrogens is 362 g/mol. The molecule has 10 heteroatoms. The predicted molar refractivity (Wildman–Crippen MR) is 102 cm³/mol. The van der Waals surface area contributed by atoms with Crippen LogP contribution in [0.25, 0.3) is 0 Å². The summed E-state index contributed by atoms with van der Waals surface area (Å²) >= 11 is 0. The van der Waals surface area contributed by atoms with E-state index in [0.717, 1.165) is 25.7 Å². The van der Waals surface area contributed by atoms with Crippen molar-refractivity contribution in [2.75, 3.05) is 17.7 Å². The number of primary amides is 1. The minimum absolute atomic E-state index is 0.0466. The Balaban J connectivity index is 1.51. The summed E-state index contributed by atoms with van der Waals surface area (Å²) in [5.41, 5.74) is 12.1. The number of nitrogens with two attached hydrogens (primary N) is 2. The summed E-state index contributed by atoms with van der Waals surface area (Å²) in [5, 5.41) is 7.00. The van der Waals surface area contributed by atoms with Crippen molar-refractivity contribution >= 4 is 29.2 Å². The minimum atomic E-state index is -0.750. The number of ether oxygens (including phenoxy) is 1. The number of carbonyl (C=O) groups excluding carboxylic acids is 2. The quantitative estimate of drug-likeness (QED) is 0.696. The lowest BCUT2D eigenvalue weighted by atomic mass is 10.2. The van der Waals surface area contributed by atoms with E-state index >= 15 is 0 Å². The highest BCUT2D eigenvalue weighted by Crippen LogP contribution is 2.30. The number of nitrogens with zero attached hydrogens (tertiary/aromatic N) is 4. The van der Waals surface area contributed by atoms with Crippen LogP contribution in [0, 0.1) is 0 Å². The Morgan fingerprint density at radius 3 is 2.79 bits per heavy atom. The molecule has 0 saturated heterocycles. The molecule has 1 saturated carbocycles. The molecule has 1 fully saturated rings. The molecule has 0 bridgehead atoms. The second kappa shape index (κ2) is 7.29. The number of nitrogens with one attached hydrogen (secondary N) is 1. The number of aromatic nitrogens is 3. The predicted octanol–water partition coefficient (Wildman–Crippen LogP) is 0.858. The van der Waals surface area contributed by atoms with Crippen LogP contribution in [0.2, 0.25) is 0 Å². The third kappa shape index (κ3) is 3.53. The number of carbonyl (C=O) groups is 2. The van der Waals surface area contributed by atoms with E-state index in [-0.39, 0.29) is 18.3 Å². The van der Waals surface area contributed by atoms with Crippen molar-refractivity contribution in [1.29, 1.82) is 0 Å². The first kappa shape index (κ1) is 18.0. The van der Waals surface area contributed by atoms with Crippen molar-refractivity contribution in [1.82, 2.24) is 14.8 Å². The largest absolute Gasteiger partial charge is 0.475 e. The zero-order valence-corrected chi connectivity index (χ0v) is 15.2. The van der Waals surface area contributed by atoms with Crippen LogP contribution in [0.5, 0.6) is 0 Å². The number of anilines is 2. The monoisotopic (exact) mass is 383 g/mol. The van der Waals surface area contributed by atoms with Gasteiger partial charge in [0.1, 0.15) is 12.4 Å². The van der Waals surface area contributed by atoms with E-state index in [1.807, 2.05) is 0 Å². The number of hydrogen-bond acceptors (Lipinski definition) is 7. The van der Waals surface area contributed by atoms with Gasteiger partial charge in [0, 0.05) is 18.0 Å². The van der Waals surface area contributed by atoms with Crippen LogP contribution in [-0.4, -0.2) is 45.1 Å². The summed E-state index contributed by atoms with van der Waals surface area (Å²) in [6.07, 6.45) is 7.43. The van der Waals surface area contributed by atoms with Crippen LogP contribution < -0.4 is 16.8 Å². The van der Waals surface area contributed by atoms with Gasteiger partial charge in [0.2, 0.25) is 5.90 Å². The molecular formula is C18H21N7O3. The lowest BCUT2D eigenvalue weighted by Gasteiger charge is -2.08. The van der Waals surface area contributed by atoms with E-state index in [1.54, 1.807) is 29.2 Å². The molecule has 4 rings (SSSR count). The van der Waals surface area contributed by atoms with Crippen LogP contribution in [0.15, 0.2) is 29.5 Å². The van der Waals surface area contributed by atoms with E-state index in [4.69, 9.17) is 16.2 Å². The Morgan fingerprint density at radius 1 is 1.29 bits per heavy atom. The number of pyridine rings is 1. The third-order valence-electron chi connectivity index (χ3n) is 4.90. The molecule has 146 valence electrons. The van der Waals surface area contributed by atoms with Gasteiger partial charge in [-0.25, -0.2) is 9.98 Å². The van der Waals surface area contributed by atoms with Crippen molar-refractivity contribution in [3.8, 4) is 0 Å². The van der Waals surface area contributed by atoms with Gasteiger partial charge in [-0.2, -0.15) is 5.10 Å². The highest BCUT2D eigenvalue weighted by atomic mass is 16.5. The van der Waals surface area contributed by atoms with Gasteiger partial charge in [0.25, 0.3) is 11.8 Å². The first-order valence-electron chi connectivity index (χ1n) is 9.13. The van der Waals surface area contributed by atoms with Gasteiger partial charge in [-0.3, -0.25) is 14.3 Å². The molecule has 2 aromatic rings. The van der Waals surface area contributed by atoms with Crippen LogP contribution in [0.4, 0.5) is 11.5 Å². The van der Waals surface area contributed by atoms with Crippen molar-refractivity contribution < 1.29 is 14.3 Å². The third-order valence-corrected chi connectivity index (χ3v) is 4.90. The molecule has 0 aromatic carbocycles. The molecule has 3 heterocycles. The van der Waals surface area contributed by atoms with Gasteiger partial charge >= 0.3 is 0 Å². The average molecular weight is 383 g/mol. The molecule has 1 unspecified atom stereocenters. The average Bonchev–Trinajstić information content (AvgIpc) is 3.41. The van der Waals surface area contributed by atoms with Crippen molar-refractivity contribution in [2.24, 2.45) is 10.7 Å². The SMILES string of the molecule is NC(=O)c1nn(C2CCCC2)cc1NC(=O)C1COC(c2ccnc(N)c2)=N1. The summed E-state index contributed by atoms with van der Waals surface area (Å²) in [5.74, 6) is -0.426. The van der Waals surface area contributed by atoms with Gasteiger partial charge < -0.3 is 21.5 Å². The van der Waals surface area contributed by atoms with E-state index in [0.29, 0.717) is 23.0 Å². The summed E-state index contributed by atoms with van der Waals surface area (Å²) in [7, 11) is 0. The molecule has 0 spiro atoms. The van der Waals surface area contributed by atoms with Gasteiger partial charge in [0.15, 0.2) is 11.7 Å². The Bertz CT molecular complexity index is 946. The topological polar surface area (TPSA) is 151 Å². The van der Waals surface area contributed by atoms with Gasteiger partial charge in [-0.15, -0.1) is 0 Å². The van der Waals surface area contributed by atoms with Crippen LogP contribution in [0.1, 0.15) is 47.8 Å². The summed E-state index contributed by atoms with van der Waals surface area (Å²) in [6, 6.07) is 2.79. The fraction of sp³-hybridized carbons (Fsp3) is 0.389. The van der Waals surface area contributed by atoms with E-state index in [1.165, 1.54) is 0 Å². The maximum absolute atomic E-state index is 12.6. The smallest absolute Gasteiger partial charge is 0.271 e. The number of rotatable bonds is 5. The molecule has 2 amide bonds. The first-order valence-corrected chi connectivity index (χ1v) is 9.13. The maximum atomic E-state index is 12.6. The summed E-state index contributed by atoms with van der Waals surface area (Å²) in [4.78, 5) is 32.6. The molecule has 28 heavy (non-hydrogen) atoms. The molecule has 1 aliphatic heterocycles. The molecule has 5 N–H and O–H groups in total. The zero-order chi connectivity index (χ0) is 19.7. The molecule has 1 atom stereocenters. The zero-order valence-electron chi connectivity index (χ0n) is 15.2. The van der Waals surface area contributed by atoms with Crippen LogP contribution in [-0.2, 0) is 9.53 Å². The van der Waals surface area contributed by atoms with Crippen molar-refractivity contribution in [3.63, 3.8) is 0 Å². The Kier molecular flexibility index (Phi) is 4.68. The highest BCUT2D eigenvalue weighted by Gasteiger charge is 2.29. The Morgan fingerprint density at radius 2 is 2.07 bits per heavy atom. The second-order valence-electron chi connectivity index (χ2n) is 6.89. The fourth-order valence-corrected chi connectivity index (χ4v) is 3.48. The fourth-order valence-electron chi connectivity index (χ4n) is 3.48.